The molecule has 1 aromatic heterocycles. The van der Waals surface area contributed by atoms with Crippen molar-refractivity contribution in [2.24, 2.45) is 0 Å². The summed E-state index contributed by atoms with van der Waals surface area (Å²) < 4.78 is 0. The molecular formula is C31H33N3O3. The number of nitrogens with zero attached hydrogens (tertiary/aromatic N) is 3. The van der Waals surface area contributed by atoms with Crippen LogP contribution in [-0.2, 0) is 16.1 Å². The fourth-order valence-electron chi connectivity index (χ4n) is 5.65. The number of ketones is 1. The molecule has 2 fully saturated rings. The van der Waals surface area contributed by atoms with E-state index in [1.165, 1.54) is 0 Å². The first-order chi connectivity index (χ1) is 18.0. The first-order valence-electron chi connectivity index (χ1n) is 13.2. The second-order valence-electron chi connectivity index (χ2n) is 10.2. The topological polar surface area (TPSA) is 70.6 Å². The van der Waals surface area contributed by atoms with Gasteiger partial charge >= 0.3 is 0 Å². The zero-order valence-corrected chi connectivity index (χ0v) is 21.3. The zero-order valence-electron chi connectivity index (χ0n) is 21.3. The molecule has 2 aliphatic rings. The summed E-state index contributed by atoms with van der Waals surface area (Å²) in [6.07, 6.45) is 8.26. The average Bonchev–Trinajstić information content (AvgIpc) is 2.94. The van der Waals surface area contributed by atoms with Crippen molar-refractivity contribution >= 4 is 17.6 Å². The molecule has 0 spiro atoms. The summed E-state index contributed by atoms with van der Waals surface area (Å²) in [6.45, 7) is 2.24. The maximum absolute atomic E-state index is 14.3. The van der Waals surface area contributed by atoms with E-state index in [9.17, 15) is 14.4 Å². The minimum absolute atomic E-state index is 0.0220. The van der Waals surface area contributed by atoms with Crippen molar-refractivity contribution in [3.63, 3.8) is 0 Å². The molecule has 0 unspecified atom stereocenters. The molecule has 1 aliphatic carbocycles. The Labute approximate surface area is 218 Å². The third-order valence-corrected chi connectivity index (χ3v) is 7.63. The highest BCUT2D eigenvalue weighted by Crippen LogP contribution is 2.37. The van der Waals surface area contributed by atoms with E-state index in [0.717, 1.165) is 43.2 Å². The third kappa shape index (κ3) is 5.33. The fourth-order valence-corrected chi connectivity index (χ4v) is 5.65. The summed E-state index contributed by atoms with van der Waals surface area (Å²) in [6, 6.07) is 19.1. The summed E-state index contributed by atoms with van der Waals surface area (Å²) in [4.78, 5) is 49.7. The van der Waals surface area contributed by atoms with Crippen LogP contribution < -0.4 is 0 Å². The average molecular weight is 496 g/mol. The summed E-state index contributed by atoms with van der Waals surface area (Å²) in [7, 11) is 0. The molecule has 1 saturated carbocycles. The van der Waals surface area contributed by atoms with Crippen molar-refractivity contribution in [1.29, 1.82) is 0 Å². The third-order valence-electron chi connectivity index (χ3n) is 7.63. The summed E-state index contributed by atoms with van der Waals surface area (Å²) in [5.41, 5.74) is 3.26. The first-order valence-corrected chi connectivity index (χ1v) is 13.2. The molecule has 5 rings (SSSR count). The Morgan fingerprint density at radius 2 is 1.62 bits per heavy atom. The quantitative estimate of drug-likeness (QED) is 0.419. The van der Waals surface area contributed by atoms with Crippen LogP contribution in [0.3, 0.4) is 0 Å². The van der Waals surface area contributed by atoms with Gasteiger partial charge in [0.15, 0.2) is 5.78 Å². The van der Waals surface area contributed by atoms with E-state index in [1.807, 2.05) is 55.5 Å². The monoisotopic (exact) mass is 495 g/mol. The van der Waals surface area contributed by atoms with Crippen molar-refractivity contribution in [3.05, 3.63) is 101 Å². The van der Waals surface area contributed by atoms with Crippen molar-refractivity contribution in [2.45, 2.75) is 70.1 Å². The molecule has 0 radical (unpaired) electrons. The molecule has 2 amide bonds. The number of carbonyl (C=O) groups excluding carboxylic acids is 3. The van der Waals surface area contributed by atoms with Crippen molar-refractivity contribution < 1.29 is 14.4 Å². The van der Waals surface area contributed by atoms with Crippen LogP contribution in [0.25, 0.3) is 0 Å². The van der Waals surface area contributed by atoms with E-state index in [1.54, 1.807) is 40.4 Å². The number of benzene rings is 2. The molecular weight excluding hydrogens is 462 g/mol. The van der Waals surface area contributed by atoms with E-state index in [0.29, 0.717) is 11.1 Å². The highest BCUT2D eigenvalue weighted by Gasteiger charge is 2.49. The lowest BCUT2D eigenvalue weighted by atomic mass is 9.87. The fraction of sp³-hybridized carbons (Fsp3) is 0.355. The number of pyridine rings is 1. The van der Waals surface area contributed by atoms with Crippen molar-refractivity contribution in [3.8, 4) is 0 Å². The number of hydrogen-bond donors (Lipinski definition) is 0. The number of amides is 2. The molecule has 1 saturated heterocycles. The number of Topliss-reactive ketones (excluding diaryl/α,β-unsaturated/α-hetero) is 1. The number of hydrogen-bond acceptors (Lipinski definition) is 4. The number of aryl methyl sites for hydroxylation is 1. The van der Waals surface area contributed by atoms with Gasteiger partial charge in [-0.25, -0.2) is 0 Å². The Hall–Kier alpha value is -3.80. The second-order valence-corrected chi connectivity index (χ2v) is 10.2. The highest BCUT2D eigenvalue weighted by molar-refractivity contribution is 6.03. The zero-order chi connectivity index (χ0) is 25.8. The molecule has 3 aromatic rings. The van der Waals surface area contributed by atoms with E-state index in [-0.39, 0.29) is 36.6 Å². The van der Waals surface area contributed by atoms with Gasteiger partial charge in [-0.2, -0.15) is 0 Å². The lowest BCUT2D eigenvalue weighted by molar-refractivity contribution is -0.166. The first kappa shape index (κ1) is 24.9. The van der Waals surface area contributed by atoms with Gasteiger partial charge in [0, 0.05) is 42.5 Å². The maximum Gasteiger partial charge on any atom is 0.251 e. The number of piperazine rings is 1. The Morgan fingerprint density at radius 3 is 2.30 bits per heavy atom. The van der Waals surface area contributed by atoms with Crippen LogP contribution in [0, 0.1) is 6.92 Å². The van der Waals surface area contributed by atoms with Gasteiger partial charge in [0.25, 0.3) is 5.91 Å². The molecule has 190 valence electrons. The number of aromatic nitrogens is 1. The molecule has 1 aliphatic heterocycles. The predicted octanol–water partition coefficient (Wildman–Crippen LogP) is 5.28. The van der Waals surface area contributed by atoms with Crippen molar-refractivity contribution in [2.75, 3.05) is 0 Å². The van der Waals surface area contributed by atoms with E-state index in [2.05, 4.69) is 4.98 Å². The molecule has 2 aromatic carbocycles. The largest absolute Gasteiger partial charge is 0.324 e. The summed E-state index contributed by atoms with van der Waals surface area (Å²) in [5, 5.41) is 0. The van der Waals surface area contributed by atoms with E-state index < -0.39 is 12.1 Å². The number of carbonyl (C=O) groups is 3. The predicted molar refractivity (Wildman–Crippen MR) is 142 cm³/mol. The normalized spacial score (nSPS) is 20.8. The molecule has 0 N–H and O–H groups in total. The van der Waals surface area contributed by atoms with Crippen LogP contribution in [0.15, 0.2) is 79.1 Å². The van der Waals surface area contributed by atoms with Gasteiger partial charge < -0.3 is 9.80 Å². The van der Waals surface area contributed by atoms with Crippen LogP contribution >= 0.6 is 0 Å². The van der Waals surface area contributed by atoms with Gasteiger partial charge in [0.2, 0.25) is 5.91 Å². The number of rotatable bonds is 7. The minimum Gasteiger partial charge on any atom is -0.324 e. The molecule has 6 heteroatoms. The van der Waals surface area contributed by atoms with Crippen LogP contribution in [0.5, 0.6) is 0 Å². The van der Waals surface area contributed by atoms with Gasteiger partial charge in [-0.1, -0.05) is 85.5 Å². The lowest BCUT2D eigenvalue weighted by Gasteiger charge is -2.49. The smallest absolute Gasteiger partial charge is 0.251 e. The van der Waals surface area contributed by atoms with Gasteiger partial charge in [-0.15, -0.1) is 0 Å². The summed E-state index contributed by atoms with van der Waals surface area (Å²) >= 11 is 0. The van der Waals surface area contributed by atoms with Gasteiger partial charge in [0.1, 0.15) is 12.1 Å². The van der Waals surface area contributed by atoms with Crippen LogP contribution in [0.4, 0.5) is 0 Å². The standard InChI is InChI=1S/C31H33N3O3/c1-22-14-16-24(17-15-22)28(35)19-27-30(36)34(26-12-6-3-7-13-26)29(25-11-8-18-32-20-25)31(37)33(27)21-23-9-4-2-5-10-23/h2,4-5,8-11,14-18,20,26-27,29H,3,6-7,12-13,19,21H2,1H3/t27-,29+/m0/s1. The van der Waals surface area contributed by atoms with Crippen LogP contribution in [-0.4, -0.2) is 44.5 Å². The van der Waals surface area contributed by atoms with Crippen LogP contribution in [0.1, 0.15) is 71.6 Å². The minimum atomic E-state index is -0.851. The Bertz CT molecular complexity index is 1240. The van der Waals surface area contributed by atoms with Gasteiger partial charge in [-0.3, -0.25) is 19.4 Å². The second kappa shape index (κ2) is 11.1. The summed E-state index contributed by atoms with van der Waals surface area (Å²) in [5.74, 6) is -0.423. The Morgan fingerprint density at radius 1 is 0.892 bits per heavy atom. The molecule has 6 nitrogen and oxygen atoms in total. The lowest BCUT2D eigenvalue weighted by Crippen LogP contribution is -2.63. The molecule has 37 heavy (non-hydrogen) atoms. The van der Waals surface area contributed by atoms with E-state index >= 15 is 0 Å². The SMILES string of the molecule is Cc1ccc(C(=O)C[C@H]2C(=O)N(C3CCCCC3)[C@H](c3cccnc3)C(=O)N2Cc2ccccc2)cc1. The highest BCUT2D eigenvalue weighted by atomic mass is 16.2. The van der Waals surface area contributed by atoms with Crippen LogP contribution in [0.2, 0.25) is 0 Å². The van der Waals surface area contributed by atoms with Crippen molar-refractivity contribution in [1.82, 2.24) is 14.8 Å². The maximum atomic E-state index is 14.3. The molecule has 2 heterocycles. The van der Waals surface area contributed by atoms with E-state index in [4.69, 9.17) is 0 Å². The van der Waals surface area contributed by atoms with Gasteiger partial charge in [-0.05, 0) is 31.4 Å². The Kier molecular flexibility index (Phi) is 7.45. The van der Waals surface area contributed by atoms with Gasteiger partial charge in [0.05, 0.1) is 0 Å². The molecule has 2 atom stereocenters. The molecule has 0 bridgehead atoms. The Balaban J connectivity index is 1.54.